The monoisotopic (exact) mass is 1640 g/mol. The minimum absolute atomic E-state index is 0.857. The Morgan fingerprint density at radius 2 is 0.346 bits per heavy atom. The Morgan fingerprint density at radius 1 is 0.150 bits per heavy atom. The topological polar surface area (TPSA) is 28.7 Å². The van der Waals surface area contributed by atoms with Crippen LogP contribution in [0.5, 0.6) is 5.75 Å². The van der Waals surface area contributed by atoms with Gasteiger partial charge >= 0.3 is 0 Å². The van der Waals surface area contributed by atoms with E-state index in [9.17, 15) is 0 Å². The van der Waals surface area contributed by atoms with Crippen molar-refractivity contribution in [2.75, 3.05) is 57.7 Å². The molecule has 0 saturated heterocycles. The molecule has 7 heteroatoms. The molecule has 0 amide bonds. The summed E-state index contributed by atoms with van der Waals surface area (Å²) in [7, 11) is 8.00. The van der Waals surface area contributed by atoms with Crippen LogP contribution in [0.3, 0.4) is 0 Å². The van der Waals surface area contributed by atoms with Crippen LogP contribution in [-0.2, 0) is 0 Å². The smallest absolute Gasteiger partial charge is 0.119 e. The number of rotatable bonds is 19. The molecule has 0 heterocycles. The second kappa shape index (κ2) is 36.5. The van der Waals surface area contributed by atoms with Crippen molar-refractivity contribution in [1.82, 2.24) is 0 Å². The maximum atomic E-state index is 5.31. The molecule has 0 aromatic heterocycles. The fourth-order valence-corrected chi connectivity index (χ4v) is 17.1. The standard InChI is InChI=1S/C40H32N2O.2C40H32N2/c1-41(36-23-25-40(43-2)26-24-36)35-17-11-31(12-18-35)32-13-19-37(20-14-32)42(38-21-15-29-7-3-5-9-33(29)27-38)39-22-16-30-8-4-6-10-34(30)28-39;1-29-8-7-13-38(26-29)41(2)36-20-14-32(15-21-36)33-16-22-37(23-17-33)42(39-24-18-30-9-3-5-11-34(30)27-39)40-25-19-31-10-4-6-12-35(31)28-40;1-29-11-19-36(20-12-29)41(2)37-21-13-32(14-22-37)33-15-23-38(24-16-33)42(39-25-17-30-7-3-5-9-34(30)27-39)40-26-18-31-8-4-6-10-35(31)28-40/h3-28H,1-2H3;2*3-28H,1-2H3. The molecule has 0 aliphatic rings. The van der Waals surface area contributed by atoms with Crippen LogP contribution < -0.4 is 34.1 Å². The van der Waals surface area contributed by atoms with E-state index in [2.05, 4.69) is 525 Å². The number of anilines is 15. The van der Waals surface area contributed by atoms with Crippen molar-refractivity contribution in [3.63, 3.8) is 0 Å². The van der Waals surface area contributed by atoms with Crippen molar-refractivity contribution in [3.05, 3.63) is 484 Å². The second-order valence-corrected chi connectivity index (χ2v) is 32.5. The van der Waals surface area contributed by atoms with Gasteiger partial charge in [-0.15, -0.1) is 0 Å². The lowest BCUT2D eigenvalue weighted by Gasteiger charge is -2.26. The first-order valence-electron chi connectivity index (χ1n) is 43.3. The van der Waals surface area contributed by atoms with Crippen molar-refractivity contribution in [1.29, 1.82) is 0 Å². The molecule has 0 radical (unpaired) electrons. The summed E-state index contributed by atoms with van der Waals surface area (Å²) in [6, 6.07) is 170. The van der Waals surface area contributed by atoms with Gasteiger partial charge in [0, 0.05) is 106 Å². The van der Waals surface area contributed by atoms with Crippen LogP contribution >= 0.6 is 0 Å². The van der Waals surface area contributed by atoms with Gasteiger partial charge in [-0.1, -0.05) is 285 Å². The zero-order valence-corrected chi connectivity index (χ0v) is 72.1. The van der Waals surface area contributed by atoms with Gasteiger partial charge in [-0.2, -0.15) is 0 Å². The fraction of sp³-hybridized carbons (Fsp3) is 0.0500. The van der Waals surface area contributed by atoms with E-state index in [1.165, 1.54) is 126 Å². The highest BCUT2D eigenvalue weighted by Gasteiger charge is 2.20. The Kier molecular flexibility index (Phi) is 23.1. The van der Waals surface area contributed by atoms with Crippen molar-refractivity contribution in [3.8, 4) is 39.1 Å². The molecule has 21 rings (SSSR count). The molecular formula is C120H96N6O. The number of benzene rings is 21. The largest absolute Gasteiger partial charge is 0.497 e. The van der Waals surface area contributed by atoms with Crippen molar-refractivity contribution in [2.24, 2.45) is 0 Å². The first-order valence-corrected chi connectivity index (χ1v) is 43.3. The number of methoxy groups -OCH3 is 1. The molecule has 0 aliphatic carbocycles. The Morgan fingerprint density at radius 3 is 0.575 bits per heavy atom. The van der Waals surface area contributed by atoms with E-state index in [1.807, 2.05) is 12.1 Å². The molecule has 127 heavy (non-hydrogen) atoms. The zero-order valence-electron chi connectivity index (χ0n) is 72.1. The van der Waals surface area contributed by atoms with Crippen LogP contribution in [0, 0.1) is 13.8 Å². The predicted molar refractivity (Wildman–Crippen MR) is 544 cm³/mol. The molecular weight excluding hydrogens is 1540 g/mol. The molecule has 0 aliphatic heterocycles. The molecule has 0 saturated carbocycles. The second-order valence-electron chi connectivity index (χ2n) is 32.5. The third kappa shape index (κ3) is 17.8. The summed E-state index contributed by atoms with van der Waals surface area (Å²) in [5, 5.41) is 14.8. The highest BCUT2D eigenvalue weighted by molar-refractivity contribution is 5.97. The fourth-order valence-electron chi connectivity index (χ4n) is 17.1. The molecule has 0 atom stereocenters. The summed E-state index contributed by atoms with van der Waals surface area (Å²) >= 11 is 0. The van der Waals surface area contributed by atoms with Gasteiger partial charge in [-0.3, -0.25) is 0 Å². The summed E-state index contributed by atoms with van der Waals surface area (Å²) in [6.07, 6.45) is 0. The number of fused-ring (bicyclic) bond motifs is 6. The lowest BCUT2D eigenvalue weighted by atomic mass is 10.0. The van der Waals surface area contributed by atoms with Crippen LogP contribution in [-0.4, -0.2) is 28.3 Å². The van der Waals surface area contributed by atoms with E-state index in [-0.39, 0.29) is 0 Å². The van der Waals surface area contributed by atoms with Gasteiger partial charge in [-0.25, -0.2) is 0 Å². The van der Waals surface area contributed by atoms with Crippen molar-refractivity contribution >= 4 is 150 Å². The maximum absolute atomic E-state index is 5.31. The van der Waals surface area contributed by atoms with Gasteiger partial charge in [0.15, 0.2) is 0 Å². The van der Waals surface area contributed by atoms with E-state index >= 15 is 0 Å². The third-order valence-corrected chi connectivity index (χ3v) is 24.4. The van der Waals surface area contributed by atoms with Gasteiger partial charge in [0.1, 0.15) is 5.75 Å². The number of hydrogen-bond donors (Lipinski definition) is 0. The van der Waals surface area contributed by atoms with E-state index in [4.69, 9.17) is 4.74 Å². The predicted octanol–water partition coefficient (Wildman–Crippen LogP) is 33.3. The molecule has 21 aromatic carbocycles. The molecule has 0 fully saturated rings. The molecule has 0 unspecified atom stereocenters. The molecule has 21 aromatic rings. The van der Waals surface area contributed by atoms with E-state index in [0.29, 0.717) is 0 Å². The summed E-state index contributed by atoms with van der Waals surface area (Å²) < 4.78 is 5.31. The van der Waals surface area contributed by atoms with E-state index < -0.39 is 0 Å². The highest BCUT2D eigenvalue weighted by atomic mass is 16.5. The summed E-state index contributed by atoms with van der Waals surface area (Å²) in [4.78, 5) is 13.7. The zero-order chi connectivity index (χ0) is 86.1. The minimum atomic E-state index is 0.857. The number of hydrogen-bond acceptors (Lipinski definition) is 7. The highest BCUT2D eigenvalue weighted by Crippen LogP contribution is 2.44. The minimum Gasteiger partial charge on any atom is -0.497 e. The number of aryl methyl sites for hydroxylation is 2. The van der Waals surface area contributed by atoms with Crippen LogP contribution in [0.1, 0.15) is 11.1 Å². The van der Waals surface area contributed by atoms with Crippen LogP contribution in [0.25, 0.3) is 98.0 Å². The molecule has 0 bridgehead atoms. The lowest BCUT2D eigenvalue weighted by Crippen LogP contribution is -2.10. The number of nitrogens with zero attached hydrogens (tertiary/aromatic N) is 6. The Bertz CT molecular complexity index is 7190. The van der Waals surface area contributed by atoms with Crippen molar-refractivity contribution in [2.45, 2.75) is 13.8 Å². The maximum Gasteiger partial charge on any atom is 0.119 e. The molecule has 612 valence electrons. The van der Waals surface area contributed by atoms with Gasteiger partial charge in [0.2, 0.25) is 0 Å². The van der Waals surface area contributed by atoms with Crippen molar-refractivity contribution < 1.29 is 4.74 Å². The molecule has 7 nitrogen and oxygen atoms in total. The van der Waals surface area contributed by atoms with Crippen LogP contribution in [0.15, 0.2) is 473 Å². The van der Waals surface area contributed by atoms with E-state index in [1.54, 1.807) is 7.11 Å². The quantitative estimate of drug-likeness (QED) is 0.0797. The number of ether oxygens (including phenoxy) is 1. The third-order valence-electron chi connectivity index (χ3n) is 24.4. The average molecular weight is 1640 g/mol. The Balaban J connectivity index is 0.000000124. The molecule has 0 N–H and O–H groups in total. The Labute approximate surface area is 744 Å². The summed E-state index contributed by atoms with van der Waals surface area (Å²) in [5.41, 5.74) is 26.8. The van der Waals surface area contributed by atoms with E-state index in [0.717, 1.165) is 74.0 Å². The molecule has 0 spiro atoms. The summed E-state index contributed by atoms with van der Waals surface area (Å²) in [5.74, 6) is 0.857. The van der Waals surface area contributed by atoms with Gasteiger partial charge in [0.25, 0.3) is 0 Å². The SMILES string of the molecule is COc1ccc(N(C)c2ccc(-c3ccc(N(c4ccc5ccccc5c4)c4ccc5ccccc5c4)cc3)cc2)cc1.Cc1ccc(N(C)c2ccc(-c3ccc(N(c4ccc5ccccc5c4)c4ccc5ccccc5c4)cc3)cc2)cc1.Cc1cccc(N(C)c2ccc(-c3ccc(N(c4ccc5ccccc5c4)c4ccc5ccccc5c4)cc3)cc2)c1. The first-order chi connectivity index (χ1) is 62.4. The Hall–Kier alpha value is -16.2. The lowest BCUT2D eigenvalue weighted by molar-refractivity contribution is 0.415. The van der Waals surface area contributed by atoms with Gasteiger partial charge < -0.3 is 34.1 Å². The first kappa shape index (κ1) is 80.5. The van der Waals surface area contributed by atoms with Gasteiger partial charge in [0.05, 0.1) is 7.11 Å². The van der Waals surface area contributed by atoms with Crippen LogP contribution in [0.4, 0.5) is 85.3 Å². The average Bonchev–Trinajstić information content (AvgIpc) is 0.785. The van der Waals surface area contributed by atoms with Gasteiger partial charge in [-0.05, 0) is 312 Å². The van der Waals surface area contributed by atoms with Crippen LogP contribution in [0.2, 0.25) is 0 Å². The normalized spacial score (nSPS) is 11.1. The summed E-state index contributed by atoms with van der Waals surface area (Å²) in [6.45, 7) is 4.25.